The largest absolute Gasteiger partial charge is 0.444 e. The number of carbonyl (C=O) groups is 1. The second kappa shape index (κ2) is 7.22. The zero-order valence-corrected chi connectivity index (χ0v) is 18.0. The second-order valence-electron chi connectivity index (χ2n) is 9.04. The fourth-order valence-corrected chi connectivity index (χ4v) is 5.07. The van der Waals surface area contributed by atoms with E-state index in [0.29, 0.717) is 4.64 Å². The lowest BCUT2D eigenvalue weighted by atomic mass is 9.63. The van der Waals surface area contributed by atoms with Gasteiger partial charge in [0.05, 0.1) is 11.9 Å². The van der Waals surface area contributed by atoms with Gasteiger partial charge in [-0.1, -0.05) is 36.5 Å². The number of ether oxygens (including phenoxy) is 1. The molecule has 1 saturated heterocycles. The number of piperidine rings is 1. The molecule has 2 aliphatic rings. The summed E-state index contributed by atoms with van der Waals surface area (Å²) in [5.74, 6) is 0. The molecular formula is C22H28N4O2S. The summed E-state index contributed by atoms with van der Waals surface area (Å²) in [6.45, 7) is 7.42. The molecule has 7 heteroatoms. The quantitative estimate of drug-likeness (QED) is 0.654. The fraction of sp³-hybridized carbons (Fsp3) is 0.500. The summed E-state index contributed by atoms with van der Waals surface area (Å²) in [5.41, 5.74) is 1.54. The summed E-state index contributed by atoms with van der Waals surface area (Å²) in [5, 5.41) is 6.76. The third-order valence-electron chi connectivity index (χ3n) is 6.05. The number of alkyl carbamates (subject to hydrolysis) is 1. The van der Waals surface area contributed by atoms with Crippen LogP contribution in [0.2, 0.25) is 0 Å². The van der Waals surface area contributed by atoms with Crippen molar-refractivity contribution in [3.63, 3.8) is 0 Å². The van der Waals surface area contributed by atoms with E-state index in [4.69, 9.17) is 21.9 Å². The highest BCUT2D eigenvalue weighted by Gasteiger charge is 2.60. The third kappa shape index (κ3) is 3.46. The summed E-state index contributed by atoms with van der Waals surface area (Å²) < 4.78 is 6.26. The number of carbonyl (C=O) groups excluding carboxylic acids is 1. The third-order valence-corrected chi connectivity index (χ3v) is 6.27. The number of hydrogen-bond donors (Lipinski definition) is 3. The lowest BCUT2D eigenvalue weighted by molar-refractivity contribution is 0.0277. The molecule has 4 rings (SSSR count). The van der Waals surface area contributed by atoms with E-state index in [-0.39, 0.29) is 5.41 Å². The highest BCUT2D eigenvalue weighted by atomic mass is 32.1. The van der Waals surface area contributed by atoms with Crippen LogP contribution in [0.4, 0.5) is 4.79 Å². The van der Waals surface area contributed by atoms with Crippen molar-refractivity contribution in [3.05, 3.63) is 58.1 Å². The number of aromatic amines is 1. The van der Waals surface area contributed by atoms with Crippen molar-refractivity contribution in [1.82, 2.24) is 20.6 Å². The maximum Gasteiger partial charge on any atom is 0.408 e. The summed E-state index contributed by atoms with van der Waals surface area (Å²) >= 11 is 5.23. The highest BCUT2D eigenvalue weighted by Crippen LogP contribution is 2.57. The number of hydrogen-bond acceptors (Lipinski definition) is 5. The Morgan fingerprint density at radius 1 is 1.24 bits per heavy atom. The van der Waals surface area contributed by atoms with Gasteiger partial charge < -0.3 is 20.4 Å². The Bertz CT molecular complexity index is 955. The number of nitrogens with zero attached hydrogens (tertiary/aromatic N) is 1. The van der Waals surface area contributed by atoms with Crippen LogP contribution < -0.4 is 10.6 Å². The molecule has 1 amide bonds. The monoisotopic (exact) mass is 412 g/mol. The highest BCUT2D eigenvalue weighted by molar-refractivity contribution is 7.71. The van der Waals surface area contributed by atoms with Crippen molar-refractivity contribution in [1.29, 1.82) is 0 Å². The summed E-state index contributed by atoms with van der Waals surface area (Å²) in [6, 6.07) is 8.34. The maximum absolute atomic E-state index is 13.1. The van der Waals surface area contributed by atoms with Gasteiger partial charge in [-0.2, -0.15) is 0 Å². The van der Waals surface area contributed by atoms with E-state index < -0.39 is 17.2 Å². The zero-order chi connectivity index (χ0) is 20.7. The Labute approximate surface area is 176 Å². The molecule has 2 heterocycles. The van der Waals surface area contributed by atoms with E-state index in [0.717, 1.165) is 43.6 Å². The van der Waals surface area contributed by atoms with E-state index in [1.54, 1.807) is 6.20 Å². The van der Waals surface area contributed by atoms with E-state index in [9.17, 15) is 4.79 Å². The summed E-state index contributed by atoms with van der Waals surface area (Å²) in [6.07, 6.45) is 5.79. The van der Waals surface area contributed by atoms with Crippen LogP contribution >= 0.6 is 12.2 Å². The van der Waals surface area contributed by atoms with Gasteiger partial charge in [0.15, 0.2) is 0 Å². The lowest BCUT2D eigenvalue weighted by Gasteiger charge is -2.48. The number of amides is 1. The van der Waals surface area contributed by atoms with Crippen LogP contribution in [0, 0.1) is 10.1 Å². The number of benzene rings is 1. The minimum Gasteiger partial charge on any atom is -0.444 e. The van der Waals surface area contributed by atoms with Gasteiger partial charge in [0.1, 0.15) is 15.8 Å². The smallest absolute Gasteiger partial charge is 0.408 e. The Kier molecular flexibility index (Phi) is 4.99. The molecule has 1 aromatic carbocycles. The minimum atomic E-state index is -0.784. The second-order valence-corrected chi connectivity index (χ2v) is 9.48. The first-order valence-corrected chi connectivity index (χ1v) is 10.5. The van der Waals surface area contributed by atoms with Gasteiger partial charge in [0.25, 0.3) is 0 Å². The number of rotatable bonds is 2. The van der Waals surface area contributed by atoms with Gasteiger partial charge in [-0.3, -0.25) is 4.98 Å². The van der Waals surface area contributed by atoms with Crippen LogP contribution in [0.25, 0.3) is 0 Å². The van der Waals surface area contributed by atoms with E-state index in [1.165, 1.54) is 5.56 Å². The fourth-order valence-electron chi connectivity index (χ4n) is 4.96. The van der Waals surface area contributed by atoms with E-state index >= 15 is 0 Å². The first kappa shape index (κ1) is 20.0. The summed E-state index contributed by atoms with van der Waals surface area (Å²) in [4.78, 5) is 20.9. The predicted molar refractivity (Wildman–Crippen MR) is 114 cm³/mol. The molecule has 1 fully saturated rings. The van der Waals surface area contributed by atoms with Crippen LogP contribution in [0.15, 0.2) is 36.7 Å². The maximum atomic E-state index is 13.1. The lowest BCUT2D eigenvalue weighted by Crippen LogP contribution is -2.60. The Morgan fingerprint density at radius 2 is 1.97 bits per heavy atom. The van der Waals surface area contributed by atoms with Gasteiger partial charge in [-0.05, 0) is 64.3 Å². The Morgan fingerprint density at radius 3 is 2.62 bits per heavy atom. The van der Waals surface area contributed by atoms with Crippen LogP contribution in [-0.2, 0) is 16.7 Å². The van der Waals surface area contributed by atoms with E-state index in [2.05, 4.69) is 33.8 Å². The van der Waals surface area contributed by atoms with Crippen molar-refractivity contribution in [3.8, 4) is 0 Å². The normalized spacial score (nSPS) is 22.9. The van der Waals surface area contributed by atoms with Crippen LogP contribution in [0.3, 0.4) is 0 Å². The molecule has 0 radical (unpaired) electrons. The summed E-state index contributed by atoms with van der Waals surface area (Å²) in [7, 11) is 0. The molecule has 1 spiro atoms. The number of nitrogens with one attached hydrogen (secondary N) is 3. The molecule has 1 aromatic heterocycles. The molecule has 154 valence electrons. The van der Waals surface area contributed by atoms with Crippen LogP contribution in [-0.4, -0.2) is 34.8 Å². The zero-order valence-electron chi connectivity index (χ0n) is 17.2. The molecule has 3 N–H and O–H groups in total. The van der Waals surface area contributed by atoms with Gasteiger partial charge in [0.2, 0.25) is 0 Å². The molecule has 0 bridgehead atoms. The minimum absolute atomic E-state index is 0.192. The predicted octanol–water partition coefficient (Wildman–Crippen LogP) is 3.83. The average Bonchev–Trinajstić information content (AvgIpc) is 2.91. The van der Waals surface area contributed by atoms with Gasteiger partial charge >= 0.3 is 6.09 Å². The van der Waals surface area contributed by atoms with Gasteiger partial charge in [-0.25, -0.2) is 4.79 Å². The molecule has 2 aromatic rings. The first-order valence-electron chi connectivity index (χ1n) is 10.1. The number of aromatic nitrogens is 2. The molecule has 1 atom stereocenters. The van der Waals surface area contributed by atoms with Gasteiger partial charge in [0, 0.05) is 11.6 Å². The molecule has 6 nitrogen and oxygen atoms in total. The topological polar surface area (TPSA) is 79.0 Å². The SMILES string of the molecule is CC(C)(C)OC(=O)N[C@@]1(c2c[nH]c(=S)cn2)c2ccccc2CC12CCNCC2. The Balaban J connectivity index is 1.92. The van der Waals surface area contributed by atoms with Crippen molar-refractivity contribution in [2.75, 3.05) is 13.1 Å². The van der Waals surface area contributed by atoms with E-state index in [1.807, 2.05) is 33.0 Å². The standard InChI is InChI=1S/C22H28N4O2S/c1-20(2,3)28-19(27)26-22(17-13-25-18(29)14-24-17)16-7-5-4-6-15(16)12-21(22)8-10-23-11-9-21/h4-7,13-14,23H,8-12H2,1-3H3,(H,25,29)(H,26,27)/t22-/m1/s1. The average molecular weight is 413 g/mol. The molecule has 1 aliphatic carbocycles. The van der Waals surface area contributed by atoms with Crippen molar-refractivity contribution in [2.45, 2.75) is 51.2 Å². The first-order chi connectivity index (χ1) is 13.8. The molecule has 29 heavy (non-hydrogen) atoms. The number of H-pyrrole nitrogens is 1. The molecule has 0 saturated carbocycles. The molecule has 1 aliphatic heterocycles. The molecular weight excluding hydrogens is 384 g/mol. The van der Waals surface area contributed by atoms with Crippen molar-refractivity contribution >= 4 is 18.3 Å². The van der Waals surface area contributed by atoms with Crippen LogP contribution in [0.1, 0.15) is 50.4 Å². The molecule has 0 unspecified atom stereocenters. The number of fused-ring (bicyclic) bond motifs is 1. The van der Waals surface area contributed by atoms with Crippen molar-refractivity contribution < 1.29 is 9.53 Å². The van der Waals surface area contributed by atoms with Crippen LogP contribution in [0.5, 0.6) is 0 Å². The van der Waals surface area contributed by atoms with Gasteiger partial charge in [-0.15, -0.1) is 0 Å². The van der Waals surface area contributed by atoms with Crippen molar-refractivity contribution in [2.24, 2.45) is 5.41 Å². The Hall–Kier alpha value is -2.25.